The summed E-state index contributed by atoms with van der Waals surface area (Å²) in [5.41, 5.74) is 6.07. The van der Waals surface area contributed by atoms with Crippen molar-refractivity contribution in [2.24, 2.45) is 5.73 Å². The van der Waals surface area contributed by atoms with E-state index in [-0.39, 0.29) is 0 Å². The highest BCUT2D eigenvalue weighted by Crippen LogP contribution is 2.16. The van der Waals surface area contributed by atoms with E-state index in [1.54, 1.807) is 42.5 Å². The van der Waals surface area contributed by atoms with Crippen LogP contribution >= 0.6 is 11.6 Å². The van der Waals surface area contributed by atoms with E-state index in [4.69, 9.17) is 22.1 Å². The van der Waals surface area contributed by atoms with Crippen LogP contribution in [-0.2, 0) is 14.3 Å². The van der Waals surface area contributed by atoms with Crippen LogP contribution in [0.15, 0.2) is 54.6 Å². The third kappa shape index (κ3) is 4.82. The quantitative estimate of drug-likeness (QED) is 0.780. The first-order chi connectivity index (χ1) is 11.5. The Balaban J connectivity index is 1.93. The molecule has 2 rings (SSSR count). The van der Waals surface area contributed by atoms with Gasteiger partial charge in [0.2, 0.25) is 6.10 Å². The van der Waals surface area contributed by atoms with Gasteiger partial charge in [-0.1, -0.05) is 41.9 Å². The second-order valence-corrected chi connectivity index (χ2v) is 5.31. The summed E-state index contributed by atoms with van der Waals surface area (Å²) in [4.78, 5) is 35.2. The Morgan fingerprint density at radius 2 is 1.67 bits per heavy atom. The maximum Gasteiger partial charge on any atom is 0.326 e. The van der Waals surface area contributed by atoms with Crippen LogP contribution in [0, 0.1) is 0 Å². The lowest BCUT2D eigenvalue weighted by Gasteiger charge is -2.15. The van der Waals surface area contributed by atoms with Crippen LogP contribution < -0.4 is 11.1 Å². The van der Waals surface area contributed by atoms with Crippen molar-refractivity contribution in [2.75, 3.05) is 6.54 Å². The van der Waals surface area contributed by atoms with Crippen LogP contribution in [0.4, 0.5) is 0 Å². The Morgan fingerprint density at radius 3 is 2.25 bits per heavy atom. The molecule has 1 atom stereocenters. The molecule has 6 nitrogen and oxygen atoms in total. The molecule has 0 saturated heterocycles. The van der Waals surface area contributed by atoms with Crippen molar-refractivity contribution in [3.8, 4) is 0 Å². The molecule has 0 radical (unpaired) electrons. The van der Waals surface area contributed by atoms with Crippen LogP contribution in [0.3, 0.4) is 0 Å². The lowest BCUT2D eigenvalue weighted by Crippen LogP contribution is -2.33. The maximum atomic E-state index is 11.9. The number of hydrogen-bond donors (Lipinski definition) is 2. The number of nitrogens with two attached hydrogens (primary N) is 1. The van der Waals surface area contributed by atoms with E-state index in [0.717, 1.165) is 0 Å². The Bertz CT molecular complexity index is 732. The molecule has 2 aromatic rings. The van der Waals surface area contributed by atoms with Crippen LogP contribution in [-0.4, -0.2) is 24.3 Å². The molecule has 0 aliphatic rings. The van der Waals surface area contributed by atoms with Crippen LogP contribution in [0.2, 0.25) is 5.02 Å². The molecular weight excluding hydrogens is 332 g/mol. The summed E-state index contributed by atoms with van der Waals surface area (Å²) in [6, 6.07) is 14.6. The SMILES string of the molecule is NC(=O)C(OC(=O)CNC(=O)c1ccc(Cl)cc1)c1ccccc1. The average molecular weight is 347 g/mol. The summed E-state index contributed by atoms with van der Waals surface area (Å²) in [7, 11) is 0. The highest BCUT2D eigenvalue weighted by atomic mass is 35.5. The zero-order valence-corrected chi connectivity index (χ0v) is 13.3. The highest BCUT2D eigenvalue weighted by Gasteiger charge is 2.22. The molecule has 1 unspecified atom stereocenters. The molecule has 0 fully saturated rings. The molecule has 0 aliphatic heterocycles. The molecule has 7 heteroatoms. The maximum absolute atomic E-state index is 11.9. The summed E-state index contributed by atoms with van der Waals surface area (Å²) in [5, 5.41) is 2.90. The van der Waals surface area contributed by atoms with Gasteiger partial charge < -0.3 is 15.8 Å². The molecule has 124 valence electrons. The van der Waals surface area contributed by atoms with E-state index in [2.05, 4.69) is 5.32 Å². The third-order valence-corrected chi connectivity index (χ3v) is 3.36. The summed E-state index contributed by atoms with van der Waals surface area (Å²) >= 11 is 5.74. The van der Waals surface area contributed by atoms with Crippen molar-refractivity contribution < 1.29 is 19.1 Å². The van der Waals surface area contributed by atoms with Crippen LogP contribution in [0.5, 0.6) is 0 Å². The second-order valence-electron chi connectivity index (χ2n) is 4.87. The molecule has 2 aromatic carbocycles. The van der Waals surface area contributed by atoms with E-state index >= 15 is 0 Å². The molecule has 24 heavy (non-hydrogen) atoms. The fourth-order valence-electron chi connectivity index (χ4n) is 1.95. The van der Waals surface area contributed by atoms with E-state index in [0.29, 0.717) is 16.1 Å². The number of esters is 1. The molecule has 2 amide bonds. The number of ether oxygens (including phenoxy) is 1. The predicted molar refractivity (Wildman–Crippen MR) is 88.3 cm³/mol. The first kappa shape index (κ1) is 17.5. The molecule has 0 aliphatic carbocycles. The van der Waals surface area contributed by atoms with Crippen molar-refractivity contribution in [2.45, 2.75) is 6.10 Å². The number of hydrogen-bond acceptors (Lipinski definition) is 4. The van der Waals surface area contributed by atoms with E-state index in [9.17, 15) is 14.4 Å². The second kappa shape index (κ2) is 8.12. The van der Waals surface area contributed by atoms with Crippen LogP contribution in [0.1, 0.15) is 22.0 Å². The lowest BCUT2D eigenvalue weighted by molar-refractivity contribution is -0.154. The minimum absolute atomic E-state index is 0.349. The van der Waals surface area contributed by atoms with Gasteiger partial charge >= 0.3 is 5.97 Å². The van der Waals surface area contributed by atoms with Gasteiger partial charge in [-0.15, -0.1) is 0 Å². The summed E-state index contributed by atoms with van der Waals surface area (Å²) < 4.78 is 5.05. The molecule has 0 bridgehead atoms. The van der Waals surface area contributed by atoms with Gasteiger partial charge in [-0.05, 0) is 24.3 Å². The molecule has 0 saturated carbocycles. The summed E-state index contributed by atoms with van der Waals surface area (Å²) in [6.07, 6.45) is -1.20. The smallest absolute Gasteiger partial charge is 0.326 e. The van der Waals surface area contributed by atoms with Gasteiger partial charge in [0.25, 0.3) is 11.8 Å². The first-order valence-electron chi connectivity index (χ1n) is 7.05. The Morgan fingerprint density at radius 1 is 1.04 bits per heavy atom. The Labute approximate surface area is 143 Å². The number of benzene rings is 2. The van der Waals surface area contributed by atoms with Gasteiger partial charge in [-0.2, -0.15) is 0 Å². The number of amides is 2. The van der Waals surface area contributed by atoms with Crippen molar-refractivity contribution in [3.63, 3.8) is 0 Å². The number of rotatable bonds is 6. The predicted octanol–water partition coefficient (Wildman–Crippen LogP) is 1.84. The lowest BCUT2D eigenvalue weighted by atomic mass is 10.1. The molecule has 0 spiro atoms. The molecule has 0 aromatic heterocycles. The molecule has 3 N–H and O–H groups in total. The first-order valence-corrected chi connectivity index (χ1v) is 7.42. The standard InChI is InChI=1S/C17H15ClN2O4/c18-13-8-6-12(7-9-13)17(23)20-10-14(21)24-15(16(19)22)11-4-2-1-3-5-11/h1-9,15H,10H2,(H2,19,22)(H,20,23). The number of primary amides is 1. The minimum Gasteiger partial charge on any atom is -0.446 e. The Kier molecular flexibility index (Phi) is 5.92. The monoisotopic (exact) mass is 346 g/mol. The van der Waals surface area contributed by atoms with Crippen LogP contribution in [0.25, 0.3) is 0 Å². The highest BCUT2D eigenvalue weighted by molar-refractivity contribution is 6.30. The normalized spacial score (nSPS) is 11.4. The molecule has 0 heterocycles. The van der Waals surface area contributed by atoms with Crippen molar-refractivity contribution in [3.05, 3.63) is 70.7 Å². The number of nitrogens with one attached hydrogen (secondary N) is 1. The zero-order chi connectivity index (χ0) is 17.5. The summed E-state index contributed by atoms with van der Waals surface area (Å²) in [5.74, 6) is -2.03. The van der Waals surface area contributed by atoms with Gasteiger partial charge in [0.05, 0.1) is 0 Å². The fourth-order valence-corrected chi connectivity index (χ4v) is 2.07. The Hall–Kier alpha value is -2.86. The van der Waals surface area contributed by atoms with Gasteiger partial charge in [0.1, 0.15) is 6.54 Å². The van der Waals surface area contributed by atoms with E-state index in [1.807, 2.05) is 0 Å². The topological polar surface area (TPSA) is 98.5 Å². The van der Waals surface area contributed by atoms with Crippen molar-refractivity contribution in [1.29, 1.82) is 0 Å². The van der Waals surface area contributed by atoms with E-state index < -0.39 is 30.4 Å². The molecular formula is C17H15ClN2O4. The van der Waals surface area contributed by atoms with Crippen molar-refractivity contribution in [1.82, 2.24) is 5.32 Å². The number of carbonyl (C=O) groups excluding carboxylic acids is 3. The van der Waals surface area contributed by atoms with Gasteiger partial charge in [-0.3, -0.25) is 14.4 Å². The minimum atomic E-state index is -1.20. The fraction of sp³-hybridized carbons (Fsp3) is 0.118. The number of halogens is 1. The average Bonchev–Trinajstić information content (AvgIpc) is 2.58. The third-order valence-electron chi connectivity index (χ3n) is 3.11. The largest absolute Gasteiger partial charge is 0.446 e. The van der Waals surface area contributed by atoms with Gasteiger partial charge in [-0.25, -0.2) is 0 Å². The van der Waals surface area contributed by atoms with Gasteiger partial charge in [0.15, 0.2) is 0 Å². The number of carbonyl (C=O) groups is 3. The van der Waals surface area contributed by atoms with Gasteiger partial charge in [0, 0.05) is 16.1 Å². The van der Waals surface area contributed by atoms with Crippen molar-refractivity contribution >= 4 is 29.4 Å². The zero-order valence-electron chi connectivity index (χ0n) is 12.6. The van der Waals surface area contributed by atoms with E-state index in [1.165, 1.54) is 12.1 Å². The summed E-state index contributed by atoms with van der Waals surface area (Å²) in [6.45, 7) is -0.391.